The largest absolute Gasteiger partial charge is 0.309 e. The molecule has 3 aromatic rings. The molecule has 2 N–H and O–H groups in total. The first-order chi connectivity index (χ1) is 12.2. The van der Waals surface area contributed by atoms with Gasteiger partial charge >= 0.3 is 0 Å². The van der Waals surface area contributed by atoms with E-state index in [0.717, 1.165) is 36.1 Å². The van der Waals surface area contributed by atoms with Crippen LogP contribution in [0.3, 0.4) is 0 Å². The highest BCUT2D eigenvalue weighted by molar-refractivity contribution is 6.30. The third kappa shape index (κ3) is 3.30. The number of rotatable bonds is 3. The maximum atomic E-state index is 12.7. The van der Waals surface area contributed by atoms with Gasteiger partial charge in [-0.15, -0.1) is 0 Å². The van der Waals surface area contributed by atoms with E-state index in [2.05, 4.69) is 27.6 Å². The number of aromatic nitrogens is 2. The Hall–Kier alpha value is -2.59. The number of nitrogens with one attached hydrogen (secondary N) is 2. The number of anilines is 1. The molecule has 126 valence electrons. The quantitative estimate of drug-likeness (QED) is 0.712. The number of carbonyl (C=O) groups excluding carboxylic acids is 1. The van der Waals surface area contributed by atoms with Crippen LogP contribution in [0.4, 0.5) is 5.82 Å². The van der Waals surface area contributed by atoms with Crippen molar-refractivity contribution in [3.63, 3.8) is 0 Å². The average molecular weight is 352 g/mol. The second kappa shape index (κ2) is 6.73. The molecule has 0 fully saturated rings. The van der Waals surface area contributed by atoms with E-state index in [1.807, 2.05) is 42.5 Å². The summed E-state index contributed by atoms with van der Waals surface area (Å²) in [6, 6.07) is 17.5. The molecule has 0 spiro atoms. The molecule has 1 heterocycles. The highest BCUT2D eigenvalue weighted by Gasteiger charge is 2.26. The summed E-state index contributed by atoms with van der Waals surface area (Å²) in [7, 11) is 0. The van der Waals surface area contributed by atoms with Gasteiger partial charge in [0.2, 0.25) is 5.91 Å². The van der Waals surface area contributed by atoms with E-state index in [0.29, 0.717) is 10.8 Å². The normalized spacial score (nSPS) is 16.3. The first-order valence-corrected chi connectivity index (χ1v) is 8.78. The molecule has 1 amide bonds. The van der Waals surface area contributed by atoms with E-state index < -0.39 is 0 Å². The van der Waals surface area contributed by atoms with Crippen LogP contribution in [0.2, 0.25) is 5.02 Å². The Morgan fingerprint density at radius 2 is 1.96 bits per heavy atom. The number of nitrogens with zero attached hydrogens (tertiary/aromatic N) is 1. The molecule has 0 saturated heterocycles. The zero-order valence-electron chi connectivity index (χ0n) is 13.6. The summed E-state index contributed by atoms with van der Waals surface area (Å²) < 4.78 is 0. The van der Waals surface area contributed by atoms with Crippen LogP contribution in [0.1, 0.15) is 29.9 Å². The van der Waals surface area contributed by atoms with Crippen molar-refractivity contribution in [1.29, 1.82) is 0 Å². The summed E-state index contributed by atoms with van der Waals surface area (Å²) in [5.74, 6) is 0.431. The summed E-state index contributed by atoms with van der Waals surface area (Å²) in [6.07, 6.45) is 2.95. The topological polar surface area (TPSA) is 57.8 Å². The lowest BCUT2D eigenvalue weighted by atomic mass is 9.82. The minimum Gasteiger partial charge on any atom is -0.309 e. The smallest absolute Gasteiger partial charge is 0.233 e. The zero-order chi connectivity index (χ0) is 17.2. The molecule has 0 bridgehead atoms. The van der Waals surface area contributed by atoms with Crippen molar-refractivity contribution in [2.75, 3.05) is 5.32 Å². The SMILES string of the molecule is O=C(Nc1cc(-c2ccc(Cl)cc2)[nH]n1)C1CCCc2ccccc21. The van der Waals surface area contributed by atoms with Crippen LogP contribution in [0.5, 0.6) is 0 Å². The molecule has 25 heavy (non-hydrogen) atoms. The van der Waals surface area contributed by atoms with Crippen LogP contribution < -0.4 is 5.32 Å². The van der Waals surface area contributed by atoms with Gasteiger partial charge in [-0.3, -0.25) is 9.89 Å². The van der Waals surface area contributed by atoms with Crippen molar-refractivity contribution in [1.82, 2.24) is 10.2 Å². The zero-order valence-corrected chi connectivity index (χ0v) is 14.4. The number of halogens is 1. The molecular formula is C20H18ClN3O. The monoisotopic (exact) mass is 351 g/mol. The second-order valence-corrected chi connectivity index (χ2v) is 6.74. The van der Waals surface area contributed by atoms with Crippen molar-refractivity contribution < 1.29 is 4.79 Å². The van der Waals surface area contributed by atoms with Gasteiger partial charge in [0.1, 0.15) is 0 Å². The number of hydrogen-bond acceptors (Lipinski definition) is 2. The van der Waals surface area contributed by atoms with Crippen molar-refractivity contribution in [2.24, 2.45) is 0 Å². The van der Waals surface area contributed by atoms with E-state index in [9.17, 15) is 4.79 Å². The van der Waals surface area contributed by atoms with E-state index in [-0.39, 0.29) is 11.8 Å². The lowest BCUT2D eigenvalue weighted by Crippen LogP contribution is -2.24. The maximum absolute atomic E-state index is 12.7. The van der Waals surface area contributed by atoms with Gasteiger partial charge in [0.25, 0.3) is 0 Å². The van der Waals surface area contributed by atoms with Crippen LogP contribution in [0.15, 0.2) is 54.6 Å². The predicted octanol–water partition coefficient (Wildman–Crippen LogP) is 4.79. The molecule has 5 heteroatoms. The molecule has 1 atom stereocenters. The first kappa shape index (κ1) is 15.9. The van der Waals surface area contributed by atoms with Crippen molar-refractivity contribution in [2.45, 2.75) is 25.2 Å². The summed E-state index contributed by atoms with van der Waals surface area (Å²) >= 11 is 5.92. The van der Waals surface area contributed by atoms with Crippen LogP contribution >= 0.6 is 11.6 Å². The van der Waals surface area contributed by atoms with Crippen LogP contribution in [-0.4, -0.2) is 16.1 Å². The Kier molecular flexibility index (Phi) is 4.28. The predicted molar refractivity (Wildman–Crippen MR) is 99.8 cm³/mol. The van der Waals surface area contributed by atoms with Gasteiger partial charge in [-0.2, -0.15) is 5.10 Å². The van der Waals surface area contributed by atoms with Gasteiger partial charge in [0.15, 0.2) is 5.82 Å². The van der Waals surface area contributed by atoms with E-state index in [4.69, 9.17) is 11.6 Å². The van der Waals surface area contributed by atoms with E-state index >= 15 is 0 Å². The Morgan fingerprint density at radius 3 is 2.80 bits per heavy atom. The molecule has 0 saturated carbocycles. The van der Waals surface area contributed by atoms with Crippen LogP contribution in [-0.2, 0) is 11.2 Å². The lowest BCUT2D eigenvalue weighted by Gasteiger charge is -2.24. The average Bonchev–Trinajstić information content (AvgIpc) is 3.10. The molecule has 2 aromatic carbocycles. The number of aromatic amines is 1. The van der Waals surface area contributed by atoms with Crippen LogP contribution in [0.25, 0.3) is 11.3 Å². The molecule has 1 aromatic heterocycles. The third-order valence-corrected chi connectivity index (χ3v) is 4.92. The number of carbonyl (C=O) groups is 1. The third-order valence-electron chi connectivity index (χ3n) is 4.67. The molecule has 4 rings (SSSR count). The molecule has 0 radical (unpaired) electrons. The summed E-state index contributed by atoms with van der Waals surface area (Å²) in [4.78, 5) is 12.7. The summed E-state index contributed by atoms with van der Waals surface area (Å²) in [6.45, 7) is 0. The Bertz CT molecular complexity index is 901. The van der Waals surface area contributed by atoms with E-state index in [1.165, 1.54) is 5.56 Å². The number of hydrogen-bond donors (Lipinski definition) is 2. The number of fused-ring (bicyclic) bond motifs is 1. The first-order valence-electron chi connectivity index (χ1n) is 8.41. The van der Waals surface area contributed by atoms with Crippen molar-refractivity contribution in [3.8, 4) is 11.3 Å². The van der Waals surface area contributed by atoms with Gasteiger partial charge < -0.3 is 5.32 Å². The maximum Gasteiger partial charge on any atom is 0.233 e. The van der Waals surface area contributed by atoms with Gasteiger partial charge in [-0.25, -0.2) is 0 Å². The number of aryl methyl sites for hydroxylation is 1. The van der Waals surface area contributed by atoms with Gasteiger partial charge in [0.05, 0.1) is 11.6 Å². The molecular weight excluding hydrogens is 334 g/mol. The van der Waals surface area contributed by atoms with Crippen LogP contribution in [0, 0.1) is 0 Å². The Balaban J connectivity index is 1.52. The minimum absolute atomic E-state index is 0.00121. The van der Waals surface area contributed by atoms with Gasteiger partial charge in [-0.1, -0.05) is 48.0 Å². The molecule has 4 nitrogen and oxygen atoms in total. The molecule has 0 aliphatic heterocycles. The Labute approximate surface area is 151 Å². The number of H-pyrrole nitrogens is 1. The summed E-state index contributed by atoms with van der Waals surface area (Å²) in [5, 5.41) is 10.8. The fourth-order valence-electron chi connectivity index (χ4n) is 3.40. The highest BCUT2D eigenvalue weighted by atomic mass is 35.5. The van der Waals surface area contributed by atoms with Gasteiger partial charge in [0, 0.05) is 11.1 Å². The van der Waals surface area contributed by atoms with Gasteiger partial charge in [-0.05, 0) is 48.1 Å². The molecule has 1 aliphatic carbocycles. The number of benzene rings is 2. The lowest BCUT2D eigenvalue weighted by molar-refractivity contribution is -0.117. The molecule has 1 unspecified atom stereocenters. The highest BCUT2D eigenvalue weighted by Crippen LogP contribution is 2.32. The second-order valence-electron chi connectivity index (χ2n) is 6.31. The number of amides is 1. The fraction of sp³-hybridized carbons (Fsp3) is 0.200. The standard InChI is InChI=1S/C20H18ClN3O/c21-15-10-8-14(9-11-15)18-12-19(24-23-18)22-20(25)17-7-3-5-13-4-1-2-6-16(13)17/h1-2,4,6,8-12,17H,3,5,7H2,(H2,22,23,24,25). The van der Waals surface area contributed by atoms with Crippen molar-refractivity contribution in [3.05, 3.63) is 70.7 Å². The minimum atomic E-state index is -0.111. The van der Waals surface area contributed by atoms with E-state index in [1.54, 1.807) is 0 Å². The van der Waals surface area contributed by atoms with Crippen molar-refractivity contribution >= 4 is 23.3 Å². The Morgan fingerprint density at radius 1 is 1.16 bits per heavy atom. The summed E-state index contributed by atoms with van der Waals surface area (Å²) in [5.41, 5.74) is 4.23. The fourth-order valence-corrected chi connectivity index (χ4v) is 3.53. The molecule has 1 aliphatic rings.